The SMILES string of the molecule is CCn1cc(CNCCCC(C)(C)C)cn1. The second-order valence-electron chi connectivity index (χ2n) is 5.55. The Kier molecular flexibility index (Phi) is 5.00. The Morgan fingerprint density at radius 2 is 2.12 bits per heavy atom. The van der Waals surface area contributed by atoms with Gasteiger partial charge in [0.2, 0.25) is 0 Å². The molecule has 0 radical (unpaired) electrons. The molecule has 92 valence electrons. The Bertz CT molecular complexity index is 296. The molecule has 0 fully saturated rings. The minimum absolute atomic E-state index is 0.453. The Hall–Kier alpha value is -0.830. The highest BCUT2D eigenvalue weighted by Gasteiger charge is 2.08. The summed E-state index contributed by atoms with van der Waals surface area (Å²) in [6, 6.07) is 0. The van der Waals surface area contributed by atoms with Crippen molar-refractivity contribution in [3.63, 3.8) is 0 Å². The van der Waals surface area contributed by atoms with Gasteiger partial charge in [-0.05, 0) is 31.7 Å². The van der Waals surface area contributed by atoms with Gasteiger partial charge in [-0.25, -0.2) is 0 Å². The van der Waals surface area contributed by atoms with Crippen LogP contribution in [0.25, 0.3) is 0 Å². The molecular formula is C13H25N3. The van der Waals surface area contributed by atoms with Gasteiger partial charge in [-0.1, -0.05) is 20.8 Å². The Morgan fingerprint density at radius 1 is 1.38 bits per heavy atom. The van der Waals surface area contributed by atoms with Crippen LogP contribution >= 0.6 is 0 Å². The molecule has 1 N–H and O–H groups in total. The summed E-state index contributed by atoms with van der Waals surface area (Å²) in [5, 5.41) is 7.71. The van der Waals surface area contributed by atoms with Crippen LogP contribution in [0.3, 0.4) is 0 Å². The molecule has 0 saturated heterocycles. The molecule has 0 amide bonds. The van der Waals surface area contributed by atoms with Crippen LogP contribution in [0, 0.1) is 5.41 Å². The smallest absolute Gasteiger partial charge is 0.0534 e. The zero-order valence-electron chi connectivity index (χ0n) is 11.1. The largest absolute Gasteiger partial charge is 0.313 e. The predicted molar refractivity (Wildman–Crippen MR) is 68.3 cm³/mol. The van der Waals surface area contributed by atoms with Crippen molar-refractivity contribution in [2.45, 2.75) is 53.6 Å². The highest BCUT2D eigenvalue weighted by molar-refractivity contribution is 5.02. The van der Waals surface area contributed by atoms with E-state index in [9.17, 15) is 0 Å². The fraction of sp³-hybridized carbons (Fsp3) is 0.769. The van der Waals surface area contributed by atoms with E-state index >= 15 is 0 Å². The molecule has 1 heterocycles. The third-order valence-electron chi connectivity index (χ3n) is 2.62. The van der Waals surface area contributed by atoms with Crippen molar-refractivity contribution >= 4 is 0 Å². The minimum atomic E-state index is 0.453. The van der Waals surface area contributed by atoms with Crippen molar-refractivity contribution in [3.8, 4) is 0 Å². The van der Waals surface area contributed by atoms with E-state index in [1.54, 1.807) is 0 Å². The molecule has 0 unspecified atom stereocenters. The van der Waals surface area contributed by atoms with Gasteiger partial charge in [0.05, 0.1) is 6.20 Å². The van der Waals surface area contributed by atoms with E-state index in [-0.39, 0.29) is 0 Å². The molecule has 0 saturated carbocycles. The molecule has 0 aliphatic carbocycles. The molecule has 3 heteroatoms. The first kappa shape index (κ1) is 13.2. The summed E-state index contributed by atoms with van der Waals surface area (Å²) in [5.74, 6) is 0. The summed E-state index contributed by atoms with van der Waals surface area (Å²) in [6.45, 7) is 11.9. The number of aryl methyl sites for hydroxylation is 1. The maximum absolute atomic E-state index is 4.25. The normalized spacial score (nSPS) is 12.0. The van der Waals surface area contributed by atoms with Crippen LogP contribution in [0.1, 0.15) is 46.1 Å². The Morgan fingerprint density at radius 3 is 2.69 bits per heavy atom. The van der Waals surface area contributed by atoms with Crippen LogP contribution in [0.2, 0.25) is 0 Å². The number of hydrogen-bond acceptors (Lipinski definition) is 2. The summed E-state index contributed by atoms with van der Waals surface area (Å²) >= 11 is 0. The zero-order valence-corrected chi connectivity index (χ0v) is 11.1. The standard InChI is InChI=1S/C13H25N3/c1-5-16-11-12(10-15-16)9-14-8-6-7-13(2,3)4/h10-11,14H,5-9H2,1-4H3. The van der Waals surface area contributed by atoms with Crippen molar-refractivity contribution in [2.24, 2.45) is 5.41 Å². The number of rotatable bonds is 6. The van der Waals surface area contributed by atoms with Gasteiger partial charge in [-0.3, -0.25) is 4.68 Å². The molecule has 0 aromatic carbocycles. The molecule has 1 aromatic rings. The molecule has 3 nitrogen and oxygen atoms in total. The maximum atomic E-state index is 4.25. The van der Waals surface area contributed by atoms with Crippen LogP contribution in [-0.4, -0.2) is 16.3 Å². The van der Waals surface area contributed by atoms with Crippen molar-refractivity contribution in [3.05, 3.63) is 18.0 Å². The van der Waals surface area contributed by atoms with Crippen LogP contribution in [0.4, 0.5) is 0 Å². The molecule has 1 aromatic heterocycles. The predicted octanol–water partition coefficient (Wildman–Crippen LogP) is 2.82. The van der Waals surface area contributed by atoms with Crippen LogP contribution in [0.5, 0.6) is 0 Å². The van der Waals surface area contributed by atoms with E-state index in [2.05, 4.69) is 44.3 Å². The highest BCUT2D eigenvalue weighted by Crippen LogP contribution is 2.19. The topological polar surface area (TPSA) is 29.9 Å². The van der Waals surface area contributed by atoms with E-state index in [0.29, 0.717) is 5.41 Å². The van der Waals surface area contributed by atoms with Crippen molar-refractivity contribution < 1.29 is 0 Å². The van der Waals surface area contributed by atoms with E-state index < -0.39 is 0 Å². The van der Waals surface area contributed by atoms with Gasteiger partial charge in [0, 0.05) is 24.8 Å². The molecule has 0 aliphatic rings. The first-order valence-electron chi connectivity index (χ1n) is 6.23. The van der Waals surface area contributed by atoms with Crippen LogP contribution in [0.15, 0.2) is 12.4 Å². The van der Waals surface area contributed by atoms with Gasteiger partial charge in [-0.2, -0.15) is 5.10 Å². The second kappa shape index (κ2) is 6.04. The molecule has 16 heavy (non-hydrogen) atoms. The Labute approximate surface area is 99.2 Å². The molecule has 0 atom stereocenters. The van der Waals surface area contributed by atoms with E-state index in [4.69, 9.17) is 0 Å². The van der Waals surface area contributed by atoms with Gasteiger partial charge >= 0.3 is 0 Å². The van der Waals surface area contributed by atoms with Crippen LogP contribution < -0.4 is 5.32 Å². The fourth-order valence-corrected chi connectivity index (χ4v) is 1.65. The Balaban J connectivity index is 2.11. The van der Waals surface area contributed by atoms with Gasteiger partial charge in [0.1, 0.15) is 0 Å². The number of aromatic nitrogens is 2. The monoisotopic (exact) mass is 223 g/mol. The number of nitrogens with one attached hydrogen (secondary N) is 1. The summed E-state index contributed by atoms with van der Waals surface area (Å²) in [7, 11) is 0. The molecular weight excluding hydrogens is 198 g/mol. The van der Waals surface area contributed by atoms with E-state index in [1.165, 1.54) is 18.4 Å². The number of hydrogen-bond donors (Lipinski definition) is 1. The molecule has 1 rings (SSSR count). The number of nitrogens with zero attached hydrogens (tertiary/aromatic N) is 2. The molecule has 0 spiro atoms. The second-order valence-corrected chi connectivity index (χ2v) is 5.55. The first-order chi connectivity index (χ1) is 7.51. The molecule has 0 bridgehead atoms. The van der Waals surface area contributed by atoms with Crippen LogP contribution in [-0.2, 0) is 13.1 Å². The zero-order chi connectivity index (χ0) is 12.0. The third-order valence-corrected chi connectivity index (χ3v) is 2.62. The maximum Gasteiger partial charge on any atom is 0.0534 e. The lowest BCUT2D eigenvalue weighted by Gasteiger charge is -2.17. The van der Waals surface area contributed by atoms with Gasteiger partial charge in [-0.15, -0.1) is 0 Å². The fourth-order valence-electron chi connectivity index (χ4n) is 1.65. The van der Waals surface area contributed by atoms with E-state index in [1.807, 2.05) is 10.9 Å². The van der Waals surface area contributed by atoms with Crippen molar-refractivity contribution in [2.75, 3.05) is 6.54 Å². The molecule has 0 aliphatic heterocycles. The highest BCUT2D eigenvalue weighted by atomic mass is 15.3. The first-order valence-corrected chi connectivity index (χ1v) is 6.23. The minimum Gasteiger partial charge on any atom is -0.313 e. The van der Waals surface area contributed by atoms with Crippen molar-refractivity contribution in [1.82, 2.24) is 15.1 Å². The lowest BCUT2D eigenvalue weighted by atomic mass is 9.91. The third kappa shape index (κ3) is 5.31. The van der Waals surface area contributed by atoms with Crippen molar-refractivity contribution in [1.29, 1.82) is 0 Å². The lowest BCUT2D eigenvalue weighted by Crippen LogP contribution is -2.16. The summed E-state index contributed by atoms with van der Waals surface area (Å²) in [5.41, 5.74) is 1.73. The van der Waals surface area contributed by atoms with Gasteiger partial charge in [0.15, 0.2) is 0 Å². The average Bonchev–Trinajstić information content (AvgIpc) is 2.63. The van der Waals surface area contributed by atoms with E-state index in [0.717, 1.165) is 19.6 Å². The summed E-state index contributed by atoms with van der Waals surface area (Å²) in [6.07, 6.45) is 6.57. The lowest BCUT2D eigenvalue weighted by molar-refractivity contribution is 0.361. The summed E-state index contributed by atoms with van der Waals surface area (Å²) < 4.78 is 1.96. The van der Waals surface area contributed by atoms with Gasteiger partial charge in [0.25, 0.3) is 0 Å². The average molecular weight is 223 g/mol. The summed E-state index contributed by atoms with van der Waals surface area (Å²) in [4.78, 5) is 0. The van der Waals surface area contributed by atoms with Gasteiger partial charge < -0.3 is 5.32 Å². The quantitative estimate of drug-likeness (QED) is 0.752.